The van der Waals surface area contributed by atoms with Crippen molar-refractivity contribution >= 4 is 41.0 Å². The zero-order chi connectivity index (χ0) is 21.8. The Morgan fingerprint density at radius 3 is 2.53 bits per heavy atom. The second-order valence-corrected chi connectivity index (χ2v) is 7.58. The topological polar surface area (TPSA) is 84.7 Å². The number of nitrogens with one attached hydrogen (secondary N) is 1. The van der Waals surface area contributed by atoms with Gasteiger partial charge in [-0.2, -0.15) is 0 Å². The molecule has 2 atom stereocenters. The van der Waals surface area contributed by atoms with E-state index in [1.54, 1.807) is 17.0 Å². The maximum absolute atomic E-state index is 13.0. The average Bonchev–Trinajstić information content (AvgIpc) is 2.75. The Morgan fingerprint density at radius 1 is 1.23 bits per heavy atom. The number of aliphatic hydroxyl groups excluding tert-OH is 1. The Bertz CT molecular complexity index is 987. The summed E-state index contributed by atoms with van der Waals surface area (Å²) in [6.45, 7) is 3.70. The lowest BCUT2D eigenvalue weighted by molar-refractivity contribution is -0.118. The maximum atomic E-state index is 13.0. The lowest BCUT2D eigenvalue weighted by Gasteiger charge is -2.43. The van der Waals surface area contributed by atoms with Gasteiger partial charge < -0.3 is 20.3 Å². The minimum Gasteiger partial charge on any atom is -0.503 e. The van der Waals surface area contributed by atoms with Crippen LogP contribution in [-0.4, -0.2) is 29.2 Å². The minimum atomic E-state index is -0.572. The molecule has 3 rings (SSSR count). The number of rotatable bonds is 5. The number of para-hydroxylation sites is 1. The number of fused-ring (bicyclic) bond motifs is 1. The summed E-state index contributed by atoms with van der Waals surface area (Å²) < 4.78 is 0. The monoisotopic (exact) mass is 425 g/mol. The van der Waals surface area contributed by atoms with Crippen LogP contribution in [0.2, 0.25) is 5.02 Å². The molecule has 2 aromatic rings. The van der Waals surface area contributed by atoms with Crippen molar-refractivity contribution in [3.05, 3.63) is 71.0 Å². The standard InChI is InChI=1S/C23H24ClN3O3/c1-3-22(29)27(17-10-8-16(24)9-11-17)20-14-15(2)26(23(30)21(28)12-13-25)19-7-5-4-6-18(19)20/h4-13,15,20,25,28H,3,14H2,1-2H3/b21-12-,25-13?. The Hall–Kier alpha value is -3.12. The second-order valence-electron chi connectivity index (χ2n) is 7.15. The number of amides is 2. The number of hydrogen-bond acceptors (Lipinski definition) is 4. The molecule has 2 N–H and O–H groups in total. The summed E-state index contributed by atoms with van der Waals surface area (Å²) in [4.78, 5) is 29.1. The molecule has 2 unspecified atom stereocenters. The average molecular weight is 426 g/mol. The van der Waals surface area contributed by atoms with Crippen LogP contribution in [0.15, 0.2) is 60.4 Å². The number of hydrogen-bond donors (Lipinski definition) is 2. The molecule has 1 aliphatic rings. The Labute approximate surface area is 180 Å². The molecule has 30 heavy (non-hydrogen) atoms. The van der Waals surface area contributed by atoms with Crippen molar-refractivity contribution in [2.75, 3.05) is 9.80 Å². The smallest absolute Gasteiger partial charge is 0.293 e. The van der Waals surface area contributed by atoms with Crippen molar-refractivity contribution in [1.82, 2.24) is 0 Å². The van der Waals surface area contributed by atoms with E-state index in [2.05, 4.69) is 0 Å². The van der Waals surface area contributed by atoms with E-state index < -0.39 is 11.7 Å². The van der Waals surface area contributed by atoms with Gasteiger partial charge in [0.05, 0.1) is 6.04 Å². The molecular weight excluding hydrogens is 402 g/mol. The lowest BCUT2D eigenvalue weighted by atomic mass is 9.89. The fourth-order valence-corrected chi connectivity index (χ4v) is 4.01. The molecule has 0 bridgehead atoms. The van der Waals surface area contributed by atoms with E-state index >= 15 is 0 Å². The Morgan fingerprint density at radius 2 is 1.90 bits per heavy atom. The van der Waals surface area contributed by atoms with Crippen LogP contribution < -0.4 is 9.80 Å². The van der Waals surface area contributed by atoms with Gasteiger partial charge in [0.1, 0.15) is 0 Å². The Kier molecular flexibility index (Phi) is 6.57. The Balaban J connectivity index is 2.11. The number of benzene rings is 2. The second kappa shape index (κ2) is 9.13. The van der Waals surface area contributed by atoms with Gasteiger partial charge in [-0.1, -0.05) is 36.7 Å². The largest absolute Gasteiger partial charge is 0.503 e. The van der Waals surface area contributed by atoms with E-state index in [0.717, 1.165) is 23.5 Å². The summed E-state index contributed by atoms with van der Waals surface area (Å²) in [5.41, 5.74) is 2.20. The highest BCUT2D eigenvalue weighted by Gasteiger charge is 2.38. The molecule has 0 aromatic heterocycles. The van der Waals surface area contributed by atoms with Crippen LogP contribution >= 0.6 is 11.6 Å². The molecular formula is C23H24ClN3O3. The summed E-state index contributed by atoms with van der Waals surface area (Å²) >= 11 is 6.04. The van der Waals surface area contributed by atoms with Gasteiger partial charge in [-0.15, -0.1) is 0 Å². The van der Waals surface area contributed by atoms with Gasteiger partial charge in [0.2, 0.25) is 5.91 Å². The van der Waals surface area contributed by atoms with Gasteiger partial charge in [0, 0.05) is 41.2 Å². The molecule has 0 saturated carbocycles. The molecule has 6 nitrogen and oxygen atoms in total. The SMILES string of the molecule is CCC(=O)N(c1ccc(Cl)cc1)C1CC(C)N(C(=O)/C(O)=C/C=N)c2ccccc21. The number of anilines is 2. The van der Waals surface area contributed by atoms with Crippen molar-refractivity contribution in [2.45, 2.75) is 38.8 Å². The van der Waals surface area contributed by atoms with E-state index in [4.69, 9.17) is 17.0 Å². The number of carbonyl (C=O) groups excluding carboxylic acids is 2. The van der Waals surface area contributed by atoms with Crippen LogP contribution in [0.4, 0.5) is 11.4 Å². The zero-order valence-corrected chi connectivity index (χ0v) is 17.6. The van der Waals surface area contributed by atoms with E-state index in [1.807, 2.05) is 50.2 Å². The van der Waals surface area contributed by atoms with E-state index in [0.29, 0.717) is 23.6 Å². The van der Waals surface area contributed by atoms with Crippen LogP contribution in [0.5, 0.6) is 0 Å². The highest BCUT2D eigenvalue weighted by molar-refractivity contribution is 6.30. The fraction of sp³-hybridized carbons (Fsp3) is 0.261. The minimum absolute atomic E-state index is 0.0318. The van der Waals surface area contributed by atoms with Gasteiger partial charge in [-0.25, -0.2) is 0 Å². The molecule has 0 spiro atoms. The fourth-order valence-electron chi connectivity index (χ4n) is 3.88. The number of allylic oxidation sites excluding steroid dienone is 1. The summed E-state index contributed by atoms with van der Waals surface area (Å²) in [5, 5.41) is 17.8. The van der Waals surface area contributed by atoms with Gasteiger partial charge >= 0.3 is 0 Å². The quantitative estimate of drug-likeness (QED) is 0.399. The highest BCUT2D eigenvalue weighted by Crippen LogP contribution is 2.42. The van der Waals surface area contributed by atoms with Crippen molar-refractivity contribution in [3.63, 3.8) is 0 Å². The summed E-state index contributed by atoms with van der Waals surface area (Å²) in [5.74, 6) is -1.10. The van der Waals surface area contributed by atoms with Crippen LogP contribution in [0.3, 0.4) is 0 Å². The molecule has 0 fully saturated rings. The van der Waals surface area contributed by atoms with E-state index in [1.165, 1.54) is 4.90 Å². The predicted octanol–water partition coefficient (Wildman–Crippen LogP) is 5.04. The first-order valence-electron chi connectivity index (χ1n) is 9.78. The first-order valence-corrected chi connectivity index (χ1v) is 10.2. The normalized spacial score (nSPS) is 18.5. The summed E-state index contributed by atoms with van der Waals surface area (Å²) in [7, 11) is 0. The first kappa shape index (κ1) is 21.6. The first-order chi connectivity index (χ1) is 14.4. The number of halogens is 1. The molecule has 0 aliphatic carbocycles. The van der Waals surface area contributed by atoms with Crippen LogP contribution in [0, 0.1) is 5.41 Å². The number of nitrogens with zero attached hydrogens (tertiary/aromatic N) is 2. The van der Waals surface area contributed by atoms with Crippen molar-refractivity contribution in [3.8, 4) is 0 Å². The molecule has 2 aromatic carbocycles. The van der Waals surface area contributed by atoms with Crippen LogP contribution in [-0.2, 0) is 9.59 Å². The van der Waals surface area contributed by atoms with Crippen LogP contribution in [0.1, 0.15) is 38.3 Å². The third-order valence-corrected chi connectivity index (χ3v) is 5.48. The molecule has 1 heterocycles. The third-order valence-electron chi connectivity index (χ3n) is 5.23. The van der Waals surface area contributed by atoms with Gasteiger partial charge in [0.25, 0.3) is 5.91 Å². The molecule has 0 saturated heterocycles. The van der Waals surface area contributed by atoms with E-state index in [-0.39, 0.29) is 18.0 Å². The summed E-state index contributed by atoms with van der Waals surface area (Å²) in [6.07, 6.45) is 2.76. The predicted molar refractivity (Wildman–Crippen MR) is 119 cm³/mol. The molecule has 7 heteroatoms. The number of aliphatic hydroxyl groups is 1. The highest BCUT2D eigenvalue weighted by atomic mass is 35.5. The van der Waals surface area contributed by atoms with Crippen molar-refractivity contribution in [1.29, 1.82) is 5.41 Å². The molecule has 0 radical (unpaired) electrons. The van der Waals surface area contributed by atoms with E-state index in [9.17, 15) is 14.7 Å². The third kappa shape index (κ3) is 4.09. The lowest BCUT2D eigenvalue weighted by Crippen LogP contribution is -2.48. The molecule has 2 amide bonds. The van der Waals surface area contributed by atoms with Crippen molar-refractivity contribution < 1.29 is 14.7 Å². The molecule has 156 valence electrons. The number of carbonyl (C=O) groups is 2. The van der Waals surface area contributed by atoms with Gasteiger partial charge in [-0.05, 0) is 49.2 Å². The summed E-state index contributed by atoms with van der Waals surface area (Å²) in [6, 6.07) is 14.0. The molecule has 1 aliphatic heterocycles. The zero-order valence-electron chi connectivity index (χ0n) is 16.9. The van der Waals surface area contributed by atoms with Crippen molar-refractivity contribution in [2.24, 2.45) is 0 Å². The van der Waals surface area contributed by atoms with Gasteiger partial charge in [0.15, 0.2) is 5.76 Å². The van der Waals surface area contributed by atoms with Gasteiger partial charge in [-0.3, -0.25) is 9.59 Å². The van der Waals surface area contributed by atoms with Crippen LogP contribution in [0.25, 0.3) is 0 Å². The maximum Gasteiger partial charge on any atom is 0.293 e.